The zero-order chi connectivity index (χ0) is 17.6. The molecule has 0 saturated carbocycles. The smallest absolute Gasteiger partial charge is 0.234 e. The molecule has 21 nitrogen and oxygen atoms in total. The lowest BCUT2D eigenvalue weighted by atomic mass is 10.8. The molecule has 0 aromatic heterocycles. The molecule has 0 aromatic carbocycles. The fourth-order valence-corrected chi connectivity index (χ4v) is 1.85. The second kappa shape index (κ2) is 4.76. The van der Waals surface area contributed by atoms with Crippen LogP contribution in [0.15, 0.2) is 0 Å². The Labute approximate surface area is 121 Å². The van der Waals surface area contributed by atoms with Gasteiger partial charge in [-0.1, -0.05) is 5.01 Å². The predicted molar refractivity (Wildman–Crippen MR) is 54.7 cm³/mol. The Hall–Kier alpha value is -4.04. The molecule has 2 aliphatic rings. The first kappa shape index (κ1) is 15.4. The molecule has 0 amide bonds. The highest BCUT2D eigenvalue weighted by molar-refractivity contribution is 4.66. The number of rotatable bonds is 5. The van der Waals surface area contributed by atoms with Crippen molar-refractivity contribution in [2.45, 2.75) is 6.29 Å². The molecule has 0 N–H and O–H groups in total. The largest absolute Gasteiger partial charge is 0.352 e. The molecule has 0 spiro atoms. The molecule has 2 fully saturated rings. The van der Waals surface area contributed by atoms with Crippen molar-refractivity contribution in [3.05, 3.63) is 50.6 Å². The van der Waals surface area contributed by atoms with Crippen molar-refractivity contribution in [2.75, 3.05) is 6.67 Å². The lowest BCUT2D eigenvalue weighted by Gasteiger charge is -2.17. The number of hydrazine groups is 9. The van der Waals surface area contributed by atoms with Gasteiger partial charge in [-0.05, 0) is 0 Å². The van der Waals surface area contributed by atoms with Crippen molar-refractivity contribution >= 4 is 0 Å². The van der Waals surface area contributed by atoms with Gasteiger partial charge in [-0.3, -0.25) is 0 Å². The lowest BCUT2D eigenvalue weighted by Crippen LogP contribution is -2.59. The van der Waals surface area contributed by atoms with Gasteiger partial charge < -0.3 is 0 Å². The monoisotopic (exact) mass is 341 g/mol. The Morgan fingerprint density at radius 2 is 1.22 bits per heavy atom. The standard InChI is InChI=1S/C2H3N11O10/c14-9(15)3-1-4(10(16)17)5-2(3)6(11(18)19)8(13(22)23)7(5)12(20)21/h2H,1H2. The minimum atomic E-state index is -2.46. The molecule has 0 bridgehead atoms. The first-order valence-corrected chi connectivity index (χ1v) is 5.03. The van der Waals surface area contributed by atoms with Gasteiger partial charge in [0.2, 0.25) is 22.0 Å². The highest BCUT2D eigenvalue weighted by Gasteiger charge is 2.76. The van der Waals surface area contributed by atoms with Crippen molar-refractivity contribution in [1.82, 2.24) is 30.8 Å². The number of hydrogen-bond donors (Lipinski definition) is 0. The lowest BCUT2D eigenvalue weighted by molar-refractivity contribution is -0.932. The summed E-state index contributed by atoms with van der Waals surface area (Å²) in [5.41, 5.74) is 0. The summed E-state index contributed by atoms with van der Waals surface area (Å²) in [5, 5.41) is 44.1. The Morgan fingerprint density at radius 3 is 1.57 bits per heavy atom. The van der Waals surface area contributed by atoms with Crippen LogP contribution in [0.25, 0.3) is 0 Å². The Balaban J connectivity index is 2.63. The number of nitro groups is 5. The fraction of sp³-hybridized carbons (Fsp3) is 1.00. The van der Waals surface area contributed by atoms with E-state index in [1.54, 1.807) is 0 Å². The van der Waals surface area contributed by atoms with E-state index in [-0.39, 0.29) is 15.2 Å². The average Bonchev–Trinajstić information content (AvgIpc) is 2.91. The first-order chi connectivity index (χ1) is 10.6. The summed E-state index contributed by atoms with van der Waals surface area (Å²) in [6.07, 6.45) is -2.46. The van der Waals surface area contributed by atoms with Crippen LogP contribution in [0.4, 0.5) is 0 Å². The van der Waals surface area contributed by atoms with E-state index < -0.39 is 53.7 Å². The van der Waals surface area contributed by atoms with E-state index in [0.717, 1.165) is 0 Å². The normalized spacial score (nSPS) is 20.7. The van der Waals surface area contributed by atoms with Crippen molar-refractivity contribution < 1.29 is 25.2 Å². The summed E-state index contributed by atoms with van der Waals surface area (Å²) in [4.78, 5) is 54.4. The maximum atomic E-state index is 10.9. The second-order valence-corrected chi connectivity index (χ2v) is 3.67. The number of nitrogens with zero attached hydrogens (tertiary/aromatic N) is 11. The summed E-state index contributed by atoms with van der Waals surface area (Å²) >= 11 is 0. The van der Waals surface area contributed by atoms with E-state index >= 15 is 0 Å². The molecule has 0 radical (unpaired) electrons. The molecule has 126 valence electrons. The summed E-state index contributed by atoms with van der Waals surface area (Å²) in [6.45, 7) is -1.25. The van der Waals surface area contributed by atoms with E-state index in [9.17, 15) is 50.6 Å². The van der Waals surface area contributed by atoms with Crippen LogP contribution in [0.2, 0.25) is 0 Å². The molecule has 21 heteroatoms. The van der Waals surface area contributed by atoms with E-state index in [1.165, 1.54) is 0 Å². The quantitative estimate of drug-likeness (QED) is 0.351. The highest BCUT2D eigenvalue weighted by atomic mass is 16.8. The topological polar surface area (TPSA) is 235 Å². The number of fused-ring (bicyclic) bond motifs is 1. The van der Waals surface area contributed by atoms with Gasteiger partial charge in [0, 0.05) is 5.12 Å². The van der Waals surface area contributed by atoms with Crippen LogP contribution in [0.5, 0.6) is 0 Å². The van der Waals surface area contributed by atoms with Crippen molar-refractivity contribution in [2.24, 2.45) is 0 Å². The van der Waals surface area contributed by atoms with E-state index in [2.05, 4.69) is 0 Å². The molecule has 2 aliphatic heterocycles. The third-order valence-electron chi connectivity index (χ3n) is 2.57. The van der Waals surface area contributed by atoms with Crippen LogP contribution in [-0.4, -0.2) is 68.9 Å². The molecule has 0 aliphatic carbocycles. The third-order valence-corrected chi connectivity index (χ3v) is 2.57. The van der Waals surface area contributed by atoms with Gasteiger partial charge in [-0.2, -0.15) is 0 Å². The molecule has 1 atom stereocenters. The SMILES string of the molecule is O=[N+]([O-])N1CN([N+](=O)[O-])N2C1N([N+](=O)[O-])N([N+](=O)[O-])N2[N+](=O)[O-]. The minimum absolute atomic E-state index is 0.175. The molecular weight excluding hydrogens is 338 g/mol. The maximum absolute atomic E-state index is 10.9. The summed E-state index contributed by atoms with van der Waals surface area (Å²) < 4.78 is 0. The zero-order valence-electron chi connectivity index (χ0n) is 10.3. The minimum Gasteiger partial charge on any atom is -0.234 e. The summed E-state index contributed by atoms with van der Waals surface area (Å²) in [6, 6.07) is 0. The van der Waals surface area contributed by atoms with Crippen molar-refractivity contribution in [3.8, 4) is 0 Å². The second-order valence-electron chi connectivity index (χ2n) is 3.67. The van der Waals surface area contributed by atoms with Crippen LogP contribution in [0.1, 0.15) is 0 Å². The van der Waals surface area contributed by atoms with Gasteiger partial charge in [0.05, 0.1) is 5.12 Å². The molecule has 2 rings (SSSR count). The van der Waals surface area contributed by atoms with Gasteiger partial charge in [0.15, 0.2) is 20.3 Å². The molecule has 2 heterocycles. The molecule has 1 unspecified atom stereocenters. The van der Waals surface area contributed by atoms with Crippen molar-refractivity contribution in [1.29, 1.82) is 0 Å². The van der Waals surface area contributed by atoms with Gasteiger partial charge in [-0.15, -0.1) is 0 Å². The zero-order valence-corrected chi connectivity index (χ0v) is 10.3. The average molecular weight is 341 g/mol. The van der Waals surface area contributed by atoms with Gasteiger partial charge in [0.1, 0.15) is 5.12 Å². The Bertz CT molecular complexity index is 560. The fourth-order valence-electron chi connectivity index (χ4n) is 1.85. The highest BCUT2D eigenvalue weighted by Crippen LogP contribution is 2.33. The van der Waals surface area contributed by atoms with E-state index in [0.29, 0.717) is 0 Å². The molecule has 23 heavy (non-hydrogen) atoms. The maximum Gasteiger partial charge on any atom is 0.352 e. The van der Waals surface area contributed by atoms with E-state index in [4.69, 9.17) is 0 Å². The van der Waals surface area contributed by atoms with Crippen LogP contribution in [-0.2, 0) is 0 Å². The first-order valence-electron chi connectivity index (χ1n) is 5.03. The molecule has 0 aromatic rings. The summed E-state index contributed by atoms with van der Waals surface area (Å²) in [5.74, 6) is 0. The number of hydrogen-bond acceptors (Lipinski definition) is 11. The molecular formula is C2H3N11O10. The van der Waals surface area contributed by atoms with E-state index in [1.807, 2.05) is 0 Å². The molecule has 2 saturated heterocycles. The van der Waals surface area contributed by atoms with Gasteiger partial charge in [0.25, 0.3) is 0 Å². The Kier molecular flexibility index (Phi) is 3.17. The van der Waals surface area contributed by atoms with Crippen molar-refractivity contribution in [3.63, 3.8) is 0 Å². The van der Waals surface area contributed by atoms with Crippen LogP contribution < -0.4 is 0 Å². The third kappa shape index (κ3) is 1.99. The van der Waals surface area contributed by atoms with Crippen LogP contribution in [0.3, 0.4) is 0 Å². The Morgan fingerprint density at radius 1 is 0.696 bits per heavy atom. The van der Waals surface area contributed by atoms with Gasteiger partial charge in [-0.25, -0.2) is 50.6 Å². The van der Waals surface area contributed by atoms with Crippen LogP contribution >= 0.6 is 0 Å². The van der Waals surface area contributed by atoms with Gasteiger partial charge >= 0.3 is 6.29 Å². The predicted octanol–water partition coefficient (Wildman–Crippen LogP) is -3.31. The summed E-state index contributed by atoms with van der Waals surface area (Å²) in [7, 11) is 0. The van der Waals surface area contributed by atoms with Crippen LogP contribution in [0, 0.1) is 50.6 Å².